The van der Waals surface area contributed by atoms with Crippen molar-refractivity contribution in [2.75, 3.05) is 18.5 Å². The van der Waals surface area contributed by atoms with Crippen molar-refractivity contribution >= 4 is 27.3 Å². The summed E-state index contributed by atoms with van der Waals surface area (Å²) in [6.45, 7) is 0.849. The maximum atomic E-state index is 14.4. The Labute approximate surface area is 200 Å². The fourth-order valence-corrected chi connectivity index (χ4v) is 4.97. The Balaban J connectivity index is 1.58. The number of nitrogens with zero attached hydrogens (tertiary/aromatic N) is 1. The van der Waals surface area contributed by atoms with Gasteiger partial charge in [-0.3, -0.25) is 0 Å². The minimum absolute atomic E-state index is 0.0342. The third kappa shape index (κ3) is 4.20. The van der Waals surface area contributed by atoms with Crippen molar-refractivity contribution < 1.29 is 26.7 Å². The van der Waals surface area contributed by atoms with E-state index in [1.54, 1.807) is 30.3 Å². The van der Waals surface area contributed by atoms with Crippen molar-refractivity contribution in [3.05, 3.63) is 83.1 Å². The molecule has 0 bridgehead atoms. The molecule has 0 aliphatic carbocycles. The average Bonchev–Trinajstić information content (AvgIpc) is 3.28. The van der Waals surface area contributed by atoms with Crippen LogP contribution < -0.4 is 14.8 Å². The van der Waals surface area contributed by atoms with Crippen molar-refractivity contribution in [1.82, 2.24) is 4.98 Å². The van der Waals surface area contributed by atoms with Gasteiger partial charge in [0.15, 0.2) is 11.5 Å². The smallest absolute Gasteiger partial charge is 0.234 e. The summed E-state index contributed by atoms with van der Waals surface area (Å²) in [5.41, 5.74) is 0.752. The number of aromatic nitrogens is 1. The van der Waals surface area contributed by atoms with Gasteiger partial charge in [-0.1, -0.05) is 41.9 Å². The highest BCUT2D eigenvalue weighted by atomic mass is 35.5. The van der Waals surface area contributed by atoms with E-state index in [0.29, 0.717) is 29.7 Å². The number of halogens is 2. The number of fused-ring (bicyclic) bond motifs is 1. The predicted molar refractivity (Wildman–Crippen MR) is 124 cm³/mol. The number of anilines is 1. The first-order valence-corrected chi connectivity index (χ1v) is 12.2. The molecule has 0 spiro atoms. The molecule has 1 aliphatic heterocycles. The van der Waals surface area contributed by atoms with Crippen LogP contribution in [-0.4, -0.2) is 26.6 Å². The molecule has 0 atom stereocenters. The summed E-state index contributed by atoms with van der Waals surface area (Å²) in [6.07, 6.45) is 0. The number of ether oxygens (including phenoxy) is 2. The van der Waals surface area contributed by atoms with Gasteiger partial charge < -0.3 is 19.2 Å². The lowest BCUT2D eigenvalue weighted by Gasteiger charge is -2.18. The van der Waals surface area contributed by atoms with Crippen LogP contribution in [0.4, 0.5) is 10.3 Å². The minimum Gasteiger partial charge on any atom is -0.486 e. The number of hydrogen-bond donors (Lipinski definition) is 1. The Hall–Kier alpha value is -3.56. The SMILES string of the molecule is O=S(=O)(c1ccc2c(c1)OCCO2)c1nc(-c2ccccc2F)oc1NCc1ccccc1Cl. The van der Waals surface area contributed by atoms with Crippen molar-refractivity contribution in [3.63, 3.8) is 0 Å². The van der Waals surface area contributed by atoms with Crippen molar-refractivity contribution in [3.8, 4) is 23.0 Å². The topological polar surface area (TPSA) is 90.7 Å². The van der Waals surface area contributed by atoms with Crippen LogP contribution in [0.3, 0.4) is 0 Å². The van der Waals surface area contributed by atoms with E-state index in [4.69, 9.17) is 25.5 Å². The highest BCUT2D eigenvalue weighted by Crippen LogP contribution is 2.37. The number of rotatable bonds is 6. The van der Waals surface area contributed by atoms with Gasteiger partial charge in [0.1, 0.15) is 19.0 Å². The van der Waals surface area contributed by atoms with E-state index in [1.165, 1.54) is 36.4 Å². The first kappa shape index (κ1) is 22.2. The molecule has 2 heterocycles. The summed E-state index contributed by atoms with van der Waals surface area (Å²) in [6, 6.07) is 17.2. The van der Waals surface area contributed by atoms with Crippen LogP contribution in [-0.2, 0) is 16.4 Å². The number of sulfone groups is 1. The summed E-state index contributed by atoms with van der Waals surface area (Å²) in [4.78, 5) is 4.11. The zero-order valence-corrected chi connectivity index (χ0v) is 19.2. The summed E-state index contributed by atoms with van der Waals surface area (Å²) in [7, 11) is -4.18. The van der Waals surface area contributed by atoms with Gasteiger partial charge in [-0.25, -0.2) is 12.8 Å². The summed E-state index contributed by atoms with van der Waals surface area (Å²) >= 11 is 6.23. The number of benzene rings is 3. The molecule has 0 saturated heterocycles. The normalized spacial score (nSPS) is 13.0. The molecule has 1 aliphatic rings. The van der Waals surface area contributed by atoms with Gasteiger partial charge in [0.25, 0.3) is 0 Å². The standard InChI is InChI=1S/C24H18ClFN2O5S/c25-18-7-3-1-5-15(18)14-27-23-24(28-22(33-23)17-6-2-4-8-19(17)26)34(29,30)16-9-10-20-21(13-16)32-12-11-31-20/h1-10,13,27H,11-12,14H2. The van der Waals surface area contributed by atoms with Gasteiger partial charge in [0.05, 0.1) is 10.5 Å². The van der Waals surface area contributed by atoms with E-state index in [2.05, 4.69) is 10.3 Å². The maximum Gasteiger partial charge on any atom is 0.234 e. The second-order valence-corrected chi connectivity index (χ2v) is 9.66. The van der Waals surface area contributed by atoms with Crippen LogP contribution >= 0.6 is 11.6 Å². The van der Waals surface area contributed by atoms with Crippen LogP contribution in [0.1, 0.15) is 5.56 Å². The van der Waals surface area contributed by atoms with Crippen LogP contribution in [0.2, 0.25) is 5.02 Å². The lowest BCUT2D eigenvalue weighted by molar-refractivity contribution is 0.171. The van der Waals surface area contributed by atoms with E-state index >= 15 is 0 Å². The Morgan fingerprint density at radius 3 is 2.50 bits per heavy atom. The van der Waals surface area contributed by atoms with Gasteiger partial charge >= 0.3 is 0 Å². The molecule has 10 heteroatoms. The molecule has 4 aromatic rings. The molecule has 174 valence electrons. The van der Waals surface area contributed by atoms with E-state index in [1.807, 2.05) is 0 Å². The zero-order valence-electron chi connectivity index (χ0n) is 17.6. The van der Waals surface area contributed by atoms with Crippen LogP contribution in [0, 0.1) is 5.82 Å². The second kappa shape index (κ2) is 9.00. The van der Waals surface area contributed by atoms with Crippen molar-refractivity contribution in [1.29, 1.82) is 0 Å². The molecule has 1 N–H and O–H groups in total. The van der Waals surface area contributed by atoms with Gasteiger partial charge in [0, 0.05) is 17.6 Å². The Morgan fingerprint density at radius 1 is 0.971 bits per heavy atom. The first-order valence-electron chi connectivity index (χ1n) is 10.3. The molecule has 0 radical (unpaired) electrons. The zero-order chi connectivity index (χ0) is 23.7. The fraction of sp³-hybridized carbons (Fsp3) is 0.125. The first-order chi connectivity index (χ1) is 16.4. The van der Waals surface area contributed by atoms with E-state index in [0.717, 1.165) is 5.56 Å². The van der Waals surface area contributed by atoms with E-state index < -0.39 is 15.7 Å². The molecule has 0 saturated carbocycles. The lowest BCUT2D eigenvalue weighted by atomic mass is 10.2. The molecule has 3 aromatic carbocycles. The number of nitrogens with one attached hydrogen (secondary N) is 1. The second-order valence-electron chi connectivity index (χ2n) is 7.39. The minimum atomic E-state index is -4.18. The molecular weight excluding hydrogens is 483 g/mol. The van der Waals surface area contributed by atoms with Gasteiger partial charge in [-0.15, -0.1) is 0 Å². The number of oxazole rings is 1. The molecule has 5 rings (SSSR count). The number of hydrogen-bond acceptors (Lipinski definition) is 7. The molecule has 7 nitrogen and oxygen atoms in total. The fourth-order valence-electron chi connectivity index (χ4n) is 3.47. The van der Waals surface area contributed by atoms with E-state index in [-0.39, 0.29) is 33.8 Å². The van der Waals surface area contributed by atoms with Crippen molar-refractivity contribution in [2.24, 2.45) is 0 Å². The summed E-state index contributed by atoms with van der Waals surface area (Å²) in [5, 5.41) is 3.07. The lowest BCUT2D eigenvalue weighted by Crippen LogP contribution is -2.16. The van der Waals surface area contributed by atoms with Gasteiger partial charge in [0.2, 0.25) is 26.6 Å². The molecule has 0 fully saturated rings. The summed E-state index contributed by atoms with van der Waals surface area (Å²) in [5.74, 6) is -0.126. The summed E-state index contributed by atoms with van der Waals surface area (Å²) < 4.78 is 58.3. The highest BCUT2D eigenvalue weighted by Gasteiger charge is 2.30. The molecular formula is C24H18ClFN2O5S. The Kier molecular flexibility index (Phi) is 5.89. The predicted octanol–water partition coefficient (Wildman–Crippen LogP) is 5.35. The van der Waals surface area contributed by atoms with Crippen LogP contribution in [0.5, 0.6) is 11.5 Å². The maximum absolute atomic E-state index is 14.4. The van der Waals surface area contributed by atoms with Crippen LogP contribution in [0.15, 0.2) is 81.1 Å². The Morgan fingerprint density at radius 2 is 1.71 bits per heavy atom. The third-order valence-electron chi connectivity index (χ3n) is 5.18. The average molecular weight is 501 g/mol. The highest BCUT2D eigenvalue weighted by molar-refractivity contribution is 7.91. The molecule has 0 amide bonds. The Bertz CT molecular complexity index is 1470. The van der Waals surface area contributed by atoms with Crippen LogP contribution in [0.25, 0.3) is 11.5 Å². The largest absolute Gasteiger partial charge is 0.486 e. The third-order valence-corrected chi connectivity index (χ3v) is 7.21. The molecule has 0 unspecified atom stereocenters. The van der Waals surface area contributed by atoms with E-state index in [9.17, 15) is 12.8 Å². The van der Waals surface area contributed by atoms with Gasteiger partial charge in [-0.2, -0.15) is 4.98 Å². The molecule has 34 heavy (non-hydrogen) atoms. The van der Waals surface area contributed by atoms with Crippen molar-refractivity contribution in [2.45, 2.75) is 16.5 Å². The quantitative estimate of drug-likeness (QED) is 0.381. The monoisotopic (exact) mass is 500 g/mol. The van der Waals surface area contributed by atoms with Gasteiger partial charge in [-0.05, 0) is 35.9 Å². The molecule has 1 aromatic heterocycles.